The first-order chi connectivity index (χ1) is 12.6. The molecule has 0 aromatic heterocycles. The molecule has 2 amide bonds. The molecule has 2 unspecified atom stereocenters. The number of hydrogen-bond acceptors (Lipinski definition) is 4. The largest absolute Gasteiger partial charge is 0.376 e. The van der Waals surface area contributed by atoms with Gasteiger partial charge < -0.3 is 20.1 Å². The molecular weight excluding hydrogens is 332 g/mol. The van der Waals surface area contributed by atoms with Gasteiger partial charge in [0.05, 0.1) is 12.7 Å². The van der Waals surface area contributed by atoms with Gasteiger partial charge in [-0.2, -0.15) is 0 Å². The summed E-state index contributed by atoms with van der Waals surface area (Å²) in [5.41, 5.74) is 1.48. The standard InChI is InChI=1S/C20H28N2O4/c1-14(26-13-15-7-8-15)19(23)21-11-16-4-2-5-17(10-16)20(24)22-12-18-6-3-9-25-18/h2,4-5,10,14-15,18H,3,6-9,11-13H2,1H3,(H,21,23)(H,22,24). The van der Waals surface area contributed by atoms with Crippen molar-refractivity contribution in [1.29, 1.82) is 0 Å². The molecule has 1 saturated carbocycles. The summed E-state index contributed by atoms with van der Waals surface area (Å²) in [6.07, 6.45) is 4.13. The van der Waals surface area contributed by atoms with Gasteiger partial charge in [0.2, 0.25) is 5.91 Å². The maximum absolute atomic E-state index is 12.3. The van der Waals surface area contributed by atoms with Gasteiger partial charge in [0.15, 0.2) is 0 Å². The Kier molecular flexibility index (Phi) is 6.63. The van der Waals surface area contributed by atoms with Crippen molar-refractivity contribution in [2.24, 2.45) is 5.92 Å². The summed E-state index contributed by atoms with van der Waals surface area (Å²) in [5.74, 6) is 0.392. The second-order valence-electron chi connectivity index (χ2n) is 7.18. The molecule has 1 heterocycles. The number of carbonyl (C=O) groups is 2. The van der Waals surface area contributed by atoms with Crippen molar-refractivity contribution >= 4 is 11.8 Å². The van der Waals surface area contributed by atoms with Gasteiger partial charge in [-0.05, 0) is 56.2 Å². The van der Waals surface area contributed by atoms with E-state index in [1.807, 2.05) is 12.1 Å². The zero-order chi connectivity index (χ0) is 18.4. The topological polar surface area (TPSA) is 76.7 Å². The molecule has 1 saturated heterocycles. The van der Waals surface area contributed by atoms with Crippen molar-refractivity contribution in [2.45, 2.75) is 51.4 Å². The van der Waals surface area contributed by atoms with Gasteiger partial charge in [0.1, 0.15) is 6.10 Å². The van der Waals surface area contributed by atoms with E-state index in [2.05, 4.69) is 10.6 Å². The first-order valence-corrected chi connectivity index (χ1v) is 9.50. The molecule has 142 valence electrons. The summed E-state index contributed by atoms with van der Waals surface area (Å²) < 4.78 is 11.1. The molecule has 26 heavy (non-hydrogen) atoms. The summed E-state index contributed by atoms with van der Waals surface area (Å²) in [6, 6.07) is 7.31. The highest BCUT2D eigenvalue weighted by Gasteiger charge is 2.24. The fourth-order valence-corrected chi connectivity index (χ4v) is 2.91. The molecular formula is C20H28N2O4. The van der Waals surface area contributed by atoms with E-state index < -0.39 is 6.10 Å². The Bertz CT molecular complexity index is 624. The van der Waals surface area contributed by atoms with Crippen molar-refractivity contribution in [2.75, 3.05) is 19.8 Å². The smallest absolute Gasteiger partial charge is 0.251 e. The lowest BCUT2D eigenvalue weighted by Gasteiger charge is -2.14. The first-order valence-electron chi connectivity index (χ1n) is 9.50. The van der Waals surface area contributed by atoms with Gasteiger partial charge >= 0.3 is 0 Å². The van der Waals surface area contributed by atoms with Crippen LogP contribution in [0.3, 0.4) is 0 Å². The molecule has 1 aromatic rings. The lowest BCUT2D eigenvalue weighted by Crippen LogP contribution is -2.34. The van der Waals surface area contributed by atoms with Crippen LogP contribution in [0, 0.1) is 5.92 Å². The Morgan fingerprint density at radius 3 is 2.85 bits per heavy atom. The van der Waals surface area contributed by atoms with Crippen LogP contribution in [0.25, 0.3) is 0 Å². The molecule has 2 atom stereocenters. The Morgan fingerprint density at radius 2 is 2.12 bits per heavy atom. The van der Waals surface area contributed by atoms with Crippen molar-refractivity contribution in [3.8, 4) is 0 Å². The van der Waals surface area contributed by atoms with Crippen molar-refractivity contribution in [1.82, 2.24) is 10.6 Å². The third-order valence-electron chi connectivity index (χ3n) is 4.82. The fourth-order valence-electron chi connectivity index (χ4n) is 2.91. The van der Waals surface area contributed by atoms with Crippen LogP contribution in [-0.4, -0.2) is 43.8 Å². The number of nitrogens with one attached hydrogen (secondary N) is 2. The Labute approximate surface area is 154 Å². The van der Waals surface area contributed by atoms with Crippen molar-refractivity contribution in [3.63, 3.8) is 0 Å². The third kappa shape index (κ3) is 5.81. The molecule has 2 fully saturated rings. The van der Waals surface area contributed by atoms with Gasteiger partial charge in [-0.25, -0.2) is 0 Å². The SMILES string of the molecule is CC(OCC1CC1)C(=O)NCc1cccc(C(=O)NCC2CCCO2)c1. The van der Waals surface area contributed by atoms with Crippen molar-refractivity contribution in [3.05, 3.63) is 35.4 Å². The molecule has 1 aliphatic carbocycles. The molecule has 0 radical (unpaired) electrons. The predicted molar refractivity (Wildman–Crippen MR) is 97.7 cm³/mol. The highest BCUT2D eigenvalue weighted by Crippen LogP contribution is 2.29. The quantitative estimate of drug-likeness (QED) is 0.706. The summed E-state index contributed by atoms with van der Waals surface area (Å²) >= 11 is 0. The van der Waals surface area contributed by atoms with E-state index in [4.69, 9.17) is 9.47 Å². The molecule has 1 aliphatic heterocycles. The maximum Gasteiger partial charge on any atom is 0.251 e. The third-order valence-corrected chi connectivity index (χ3v) is 4.82. The monoisotopic (exact) mass is 360 g/mol. The predicted octanol–water partition coefficient (Wildman–Crippen LogP) is 2.03. The van der Waals surface area contributed by atoms with Crippen LogP contribution in [-0.2, 0) is 20.8 Å². The fraction of sp³-hybridized carbons (Fsp3) is 0.600. The number of amides is 2. The molecule has 6 nitrogen and oxygen atoms in total. The summed E-state index contributed by atoms with van der Waals surface area (Å²) in [5, 5.41) is 5.78. The lowest BCUT2D eigenvalue weighted by molar-refractivity contribution is -0.132. The van der Waals surface area contributed by atoms with Crippen LogP contribution in [0.15, 0.2) is 24.3 Å². The van der Waals surface area contributed by atoms with E-state index in [0.29, 0.717) is 31.2 Å². The number of rotatable bonds is 9. The summed E-state index contributed by atoms with van der Waals surface area (Å²) in [4.78, 5) is 24.4. The van der Waals surface area contributed by atoms with Crippen LogP contribution >= 0.6 is 0 Å². The average Bonchev–Trinajstić information content (AvgIpc) is 3.35. The zero-order valence-corrected chi connectivity index (χ0v) is 15.3. The van der Waals surface area contributed by atoms with Gasteiger partial charge in [-0.3, -0.25) is 9.59 Å². The Hall–Kier alpha value is -1.92. The first kappa shape index (κ1) is 18.9. The van der Waals surface area contributed by atoms with Gasteiger partial charge in [-0.1, -0.05) is 12.1 Å². The lowest BCUT2D eigenvalue weighted by atomic mass is 10.1. The second-order valence-corrected chi connectivity index (χ2v) is 7.18. The summed E-state index contributed by atoms with van der Waals surface area (Å²) in [6.45, 7) is 4.12. The molecule has 2 aliphatic rings. The van der Waals surface area contributed by atoms with Gasteiger partial charge in [0.25, 0.3) is 5.91 Å². The molecule has 0 spiro atoms. The van der Waals surface area contributed by atoms with Gasteiger partial charge in [0, 0.05) is 25.3 Å². The Balaban J connectivity index is 1.43. The number of carbonyl (C=O) groups excluding carboxylic acids is 2. The number of ether oxygens (including phenoxy) is 2. The van der Waals surface area contributed by atoms with E-state index in [-0.39, 0.29) is 17.9 Å². The zero-order valence-electron chi connectivity index (χ0n) is 15.3. The molecule has 1 aromatic carbocycles. The molecule has 6 heteroatoms. The van der Waals surface area contributed by atoms with E-state index in [9.17, 15) is 9.59 Å². The van der Waals surface area contributed by atoms with E-state index >= 15 is 0 Å². The second kappa shape index (κ2) is 9.14. The van der Waals surface area contributed by atoms with E-state index in [0.717, 1.165) is 25.0 Å². The minimum absolute atomic E-state index is 0.116. The molecule has 3 rings (SSSR count). The van der Waals surface area contributed by atoms with E-state index in [1.165, 1.54) is 12.8 Å². The van der Waals surface area contributed by atoms with Crippen LogP contribution in [0.2, 0.25) is 0 Å². The van der Waals surface area contributed by atoms with Crippen LogP contribution < -0.4 is 10.6 Å². The molecule has 0 bridgehead atoms. The number of benzene rings is 1. The van der Waals surface area contributed by atoms with Crippen LogP contribution in [0.5, 0.6) is 0 Å². The highest BCUT2D eigenvalue weighted by atomic mass is 16.5. The number of hydrogen-bond donors (Lipinski definition) is 2. The Morgan fingerprint density at radius 1 is 1.27 bits per heavy atom. The van der Waals surface area contributed by atoms with Crippen LogP contribution in [0.4, 0.5) is 0 Å². The minimum atomic E-state index is -0.450. The normalized spacial score (nSPS) is 20.6. The molecule has 2 N–H and O–H groups in total. The maximum atomic E-state index is 12.3. The van der Waals surface area contributed by atoms with Gasteiger partial charge in [-0.15, -0.1) is 0 Å². The summed E-state index contributed by atoms with van der Waals surface area (Å²) in [7, 11) is 0. The average molecular weight is 360 g/mol. The van der Waals surface area contributed by atoms with E-state index in [1.54, 1.807) is 19.1 Å². The highest BCUT2D eigenvalue weighted by molar-refractivity contribution is 5.94. The minimum Gasteiger partial charge on any atom is -0.376 e. The van der Waals surface area contributed by atoms with Crippen molar-refractivity contribution < 1.29 is 19.1 Å². The van der Waals surface area contributed by atoms with Crippen LogP contribution in [0.1, 0.15) is 48.5 Å².